The summed E-state index contributed by atoms with van der Waals surface area (Å²) in [6, 6.07) is 1.92. The molecule has 3 aliphatic rings. The van der Waals surface area contributed by atoms with Crippen molar-refractivity contribution in [2.75, 3.05) is 57.8 Å². The van der Waals surface area contributed by atoms with E-state index in [1.165, 1.54) is 0 Å². The number of fused-ring (bicyclic) bond motifs is 1. The summed E-state index contributed by atoms with van der Waals surface area (Å²) in [4.78, 5) is 27.7. The van der Waals surface area contributed by atoms with Gasteiger partial charge < -0.3 is 19.4 Å². The van der Waals surface area contributed by atoms with Crippen molar-refractivity contribution < 1.29 is 9.53 Å². The lowest BCUT2D eigenvalue weighted by Gasteiger charge is -2.34. The zero-order valence-corrected chi connectivity index (χ0v) is 13.5. The molecule has 7 nitrogen and oxygen atoms in total. The molecule has 0 bridgehead atoms. The smallest absolute Gasteiger partial charge is 0.228 e. The Morgan fingerprint density at radius 3 is 2.83 bits per heavy atom. The molecule has 3 fully saturated rings. The molecule has 0 saturated carbocycles. The highest BCUT2D eigenvalue weighted by molar-refractivity contribution is 5.80. The number of hydrogen-bond acceptors (Lipinski definition) is 6. The number of rotatable bonds is 2. The van der Waals surface area contributed by atoms with Gasteiger partial charge in [0.15, 0.2) is 0 Å². The summed E-state index contributed by atoms with van der Waals surface area (Å²) in [6.45, 7) is 5.80. The minimum Gasteiger partial charge on any atom is -0.375 e. The monoisotopic (exact) mass is 317 g/mol. The van der Waals surface area contributed by atoms with Crippen LogP contribution in [0, 0.1) is 11.8 Å². The highest BCUT2D eigenvalue weighted by atomic mass is 16.5. The van der Waals surface area contributed by atoms with E-state index in [1.807, 2.05) is 11.0 Å². The van der Waals surface area contributed by atoms with Crippen molar-refractivity contribution in [2.24, 2.45) is 11.8 Å². The van der Waals surface area contributed by atoms with Crippen molar-refractivity contribution in [1.82, 2.24) is 19.8 Å². The van der Waals surface area contributed by atoms with Crippen molar-refractivity contribution in [1.29, 1.82) is 0 Å². The first-order chi connectivity index (χ1) is 11.2. The molecule has 7 heteroatoms. The molecule has 124 valence electrons. The molecule has 1 aromatic rings. The second kappa shape index (κ2) is 6.05. The Morgan fingerprint density at radius 2 is 2.09 bits per heavy atom. The van der Waals surface area contributed by atoms with Gasteiger partial charge in [-0.1, -0.05) is 0 Å². The van der Waals surface area contributed by atoms with Gasteiger partial charge in [-0.05, 0) is 13.1 Å². The Balaban J connectivity index is 1.43. The zero-order valence-electron chi connectivity index (χ0n) is 13.5. The second-order valence-corrected chi connectivity index (χ2v) is 6.74. The fraction of sp³-hybridized carbons (Fsp3) is 0.688. The highest BCUT2D eigenvalue weighted by Crippen LogP contribution is 2.36. The lowest BCUT2D eigenvalue weighted by molar-refractivity contribution is -0.138. The van der Waals surface area contributed by atoms with Crippen LogP contribution in [0.2, 0.25) is 0 Å². The Kier molecular flexibility index (Phi) is 3.90. The van der Waals surface area contributed by atoms with Gasteiger partial charge in [0.2, 0.25) is 5.91 Å². The van der Waals surface area contributed by atoms with Gasteiger partial charge in [0.05, 0.1) is 18.6 Å². The van der Waals surface area contributed by atoms with Crippen LogP contribution in [0.4, 0.5) is 5.82 Å². The topological polar surface area (TPSA) is 61.8 Å². The van der Waals surface area contributed by atoms with Crippen LogP contribution in [0.25, 0.3) is 0 Å². The molecule has 0 spiro atoms. The van der Waals surface area contributed by atoms with Gasteiger partial charge in [-0.15, -0.1) is 0 Å². The second-order valence-electron chi connectivity index (χ2n) is 6.74. The molecule has 23 heavy (non-hydrogen) atoms. The first kappa shape index (κ1) is 14.8. The van der Waals surface area contributed by atoms with E-state index >= 15 is 0 Å². The summed E-state index contributed by atoms with van der Waals surface area (Å²) in [6.07, 6.45) is 3.47. The molecule has 3 atom stereocenters. The maximum Gasteiger partial charge on any atom is 0.228 e. The van der Waals surface area contributed by atoms with Crippen molar-refractivity contribution >= 4 is 11.7 Å². The lowest BCUT2D eigenvalue weighted by atomic mass is 9.91. The summed E-state index contributed by atoms with van der Waals surface area (Å²) >= 11 is 0. The predicted molar refractivity (Wildman–Crippen MR) is 85.0 cm³/mol. The van der Waals surface area contributed by atoms with E-state index in [9.17, 15) is 4.79 Å². The van der Waals surface area contributed by atoms with Crippen LogP contribution < -0.4 is 4.90 Å². The predicted octanol–water partition coefficient (Wildman–Crippen LogP) is -0.298. The molecule has 4 rings (SSSR count). The summed E-state index contributed by atoms with van der Waals surface area (Å²) in [5.74, 6) is 1.46. The van der Waals surface area contributed by atoms with Gasteiger partial charge in [0.25, 0.3) is 0 Å². The maximum atomic E-state index is 12.9. The average Bonchev–Trinajstić information content (AvgIpc) is 3.16. The Bertz CT molecular complexity index is 561. The summed E-state index contributed by atoms with van der Waals surface area (Å²) in [5, 5.41) is 0. The fourth-order valence-corrected chi connectivity index (χ4v) is 3.89. The standard InChI is InChI=1S/C16H23N5O2/c1-19-4-6-20(7-5-19)16(22)13-10-23-14-9-21(8-12(13)14)15-2-3-17-11-18-15/h2-3,11-14H,4-10H2,1H3/t12-,13+,14-/m1/s1. The third kappa shape index (κ3) is 2.79. The molecule has 0 N–H and O–H groups in total. The SMILES string of the molecule is CN1CCN(C(=O)[C@H]2CO[C@@H]3CN(c4ccncn4)C[C@H]23)CC1. The van der Waals surface area contributed by atoms with E-state index in [0.717, 1.165) is 45.1 Å². The Labute approximate surface area is 136 Å². The third-order valence-electron chi connectivity index (χ3n) is 5.34. The van der Waals surface area contributed by atoms with E-state index in [-0.39, 0.29) is 23.8 Å². The van der Waals surface area contributed by atoms with Gasteiger partial charge in [-0.2, -0.15) is 0 Å². The Hall–Kier alpha value is -1.73. The number of aromatic nitrogens is 2. The van der Waals surface area contributed by atoms with Crippen molar-refractivity contribution in [3.63, 3.8) is 0 Å². The van der Waals surface area contributed by atoms with Crippen LogP contribution in [-0.2, 0) is 9.53 Å². The van der Waals surface area contributed by atoms with E-state index in [4.69, 9.17) is 4.74 Å². The van der Waals surface area contributed by atoms with Crippen LogP contribution >= 0.6 is 0 Å². The number of ether oxygens (including phenoxy) is 1. The molecular weight excluding hydrogens is 294 g/mol. The molecule has 4 heterocycles. The van der Waals surface area contributed by atoms with Gasteiger partial charge in [0.1, 0.15) is 12.1 Å². The number of carbonyl (C=O) groups excluding carboxylic acids is 1. The minimum atomic E-state index is -0.00440. The number of likely N-dealkylation sites (N-methyl/N-ethyl adjacent to an activating group) is 1. The molecule has 0 aliphatic carbocycles. The molecule has 3 aliphatic heterocycles. The average molecular weight is 317 g/mol. The van der Waals surface area contributed by atoms with Crippen LogP contribution in [0.3, 0.4) is 0 Å². The molecule has 0 radical (unpaired) electrons. The number of carbonyl (C=O) groups is 1. The maximum absolute atomic E-state index is 12.9. The highest BCUT2D eigenvalue weighted by Gasteiger charge is 2.48. The molecule has 1 amide bonds. The molecule has 1 aromatic heterocycles. The van der Waals surface area contributed by atoms with E-state index in [2.05, 4.69) is 26.8 Å². The number of amides is 1. The van der Waals surface area contributed by atoms with Crippen molar-refractivity contribution in [2.45, 2.75) is 6.10 Å². The molecular formula is C16H23N5O2. The minimum absolute atomic E-state index is 0.00440. The lowest BCUT2D eigenvalue weighted by Crippen LogP contribution is -2.50. The number of hydrogen-bond donors (Lipinski definition) is 0. The van der Waals surface area contributed by atoms with Crippen LogP contribution in [0.5, 0.6) is 0 Å². The first-order valence-electron chi connectivity index (χ1n) is 8.32. The quantitative estimate of drug-likeness (QED) is 0.746. The van der Waals surface area contributed by atoms with Gasteiger partial charge >= 0.3 is 0 Å². The number of nitrogens with zero attached hydrogens (tertiary/aromatic N) is 5. The first-order valence-corrected chi connectivity index (χ1v) is 8.32. The van der Waals surface area contributed by atoms with E-state index < -0.39 is 0 Å². The molecule has 3 saturated heterocycles. The number of piperazine rings is 1. The van der Waals surface area contributed by atoms with Crippen LogP contribution in [0.15, 0.2) is 18.6 Å². The van der Waals surface area contributed by atoms with Crippen molar-refractivity contribution in [3.05, 3.63) is 18.6 Å². The van der Waals surface area contributed by atoms with Crippen molar-refractivity contribution in [3.8, 4) is 0 Å². The molecule has 0 aromatic carbocycles. The summed E-state index contributed by atoms with van der Waals surface area (Å²) in [7, 11) is 2.10. The van der Waals surface area contributed by atoms with E-state index in [1.54, 1.807) is 12.5 Å². The zero-order chi connectivity index (χ0) is 15.8. The largest absolute Gasteiger partial charge is 0.375 e. The van der Waals surface area contributed by atoms with E-state index in [0.29, 0.717) is 6.61 Å². The normalized spacial score (nSPS) is 31.4. The molecule has 0 unspecified atom stereocenters. The van der Waals surface area contributed by atoms with Gasteiger partial charge in [-0.25, -0.2) is 9.97 Å². The third-order valence-corrected chi connectivity index (χ3v) is 5.34. The summed E-state index contributed by atoms with van der Waals surface area (Å²) in [5.41, 5.74) is 0. The number of anilines is 1. The fourth-order valence-electron chi connectivity index (χ4n) is 3.89. The van der Waals surface area contributed by atoms with Crippen LogP contribution in [-0.4, -0.2) is 84.7 Å². The van der Waals surface area contributed by atoms with Crippen LogP contribution in [0.1, 0.15) is 0 Å². The summed E-state index contributed by atoms with van der Waals surface area (Å²) < 4.78 is 5.93. The Morgan fingerprint density at radius 1 is 1.26 bits per heavy atom. The van der Waals surface area contributed by atoms with Gasteiger partial charge in [-0.3, -0.25) is 4.79 Å². The van der Waals surface area contributed by atoms with Gasteiger partial charge in [0, 0.05) is 51.4 Å².